The van der Waals surface area contributed by atoms with Crippen molar-refractivity contribution in [1.82, 2.24) is 19.8 Å². The number of carbonyl (C=O) groups is 1. The van der Waals surface area contributed by atoms with Gasteiger partial charge >= 0.3 is 0 Å². The van der Waals surface area contributed by atoms with Crippen molar-refractivity contribution < 1.29 is 9.53 Å². The number of carbonyl (C=O) groups excluding carboxylic acids is 1. The lowest BCUT2D eigenvalue weighted by Gasteiger charge is -2.33. The summed E-state index contributed by atoms with van der Waals surface area (Å²) in [6.45, 7) is 8.51. The Morgan fingerprint density at radius 2 is 2.05 bits per heavy atom. The van der Waals surface area contributed by atoms with Gasteiger partial charge in [-0.3, -0.25) is 4.79 Å². The van der Waals surface area contributed by atoms with Crippen LogP contribution in [0.1, 0.15) is 12.6 Å². The zero-order chi connectivity index (χ0) is 13.7. The third kappa shape index (κ3) is 3.89. The minimum Gasteiger partial charge on any atom is -0.467 e. The normalized spacial score (nSPS) is 16.4. The van der Waals surface area contributed by atoms with E-state index in [1.807, 2.05) is 11.8 Å². The standard InChI is InChI=1S/C13H20N4O2/c1-3-16-4-6-17(7-5-16)13(18)9-19-12-8-11(2)14-10-15-12/h8,10H,3-7,9H2,1-2H3. The smallest absolute Gasteiger partial charge is 0.260 e. The average molecular weight is 264 g/mol. The van der Waals surface area contributed by atoms with Crippen molar-refractivity contribution in [3.8, 4) is 5.88 Å². The quantitative estimate of drug-likeness (QED) is 0.784. The van der Waals surface area contributed by atoms with E-state index >= 15 is 0 Å². The second-order valence-corrected chi connectivity index (χ2v) is 4.60. The fraction of sp³-hybridized carbons (Fsp3) is 0.615. The predicted octanol–water partition coefficient (Wildman–Crippen LogP) is 0.328. The van der Waals surface area contributed by atoms with Gasteiger partial charge in [-0.25, -0.2) is 9.97 Å². The average Bonchev–Trinajstić information content (AvgIpc) is 2.45. The van der Waals surface area contributed by atoms with E-state index in [0.717, 1.165) is 38.4 Å². The maximum absolute atomic E-state index is 12.0. The van der Waals surface area contributed by atoms with E-state index in [0.29, 0.717) is 5.88 Å². The third-order valence-corrected chi connectivity index (χ3v) is 3.29. The molecule has 1 amide bonds. The summed E-state index contributed by atoms with van der Waals surface area (Å²) in [6.07, 6.45) is 1.44. The fourth-order valence-corrected chi connectivity index (χ4v) is 2.05. The molecule has 0 aliphatic carbocycles. The summed E-state index contributed by atoms with van der Waals surface area (Å²) in [6, 6.07) is 1.72. The van der Waals surface area contributed by atoms with Crippen molar-refractivity contribution in [3.63, 3.8) is 0 Å². The van der Waals surface area contributed by atoms with Crippen LogP contribution in [0.3, 0.4) is 0 Å². The molecule has 0 saturated carbocycles. The summed E-state index contributed by atoms with van der Waals surface area (Å²) in [7, 11) is 0. The number of aryl methyl sites for hydroxylation is 1. The Balaban J connectivity index is 1.79. The first kappa shape index (κ1) is 13.7. The molecule has 1 aromatic heterocycles. The van der Waals surface area contributed by atoms with Gasteiger partial charge in [-0.15, -0.1) is 0 Å². The van der Waals surface area contributed by atoms with E-state index in [9.17, 15) is 4.79 Å². The van der Waals surface area contributed by atoms with E-state index in [1.165, 1.54) is 6.33 Å². The summed E-state index contributed by atoms with van der Waals surface area (Å²) >= 11 is 0. The van der Waals surface area contributed by atoms with Crippen molar-refractivity contribution in [1.29, 1.82) is 0 Å². The molecule has 0 bridgehead atoms. The van der Waals surface area contributed by atoms with Gasteiger partial charge in [0, 0.05) is 37.9 Å². The molecule has 19 heavy (non-hydrogen) atoms. The molecule has 1 aliphatic rings. The molecule has 0 atom stereocenters. The lowest BCUT2D eigenvalue weighted by Crippen LogP contribution is -2.49. The summed E-state index contributed by atoms with van der Waals surface area (Å²) in [5.74, 6) is 0.472. The van der Waals surface area contributed by atoms with Gasteiger partial charge in [0.15, 0.2) is 6.61 Å². The van der Waals surface area contributed by atoms with Gasteiger partial charge in [0.2, 0.25) is 5.88 Å². The lowest BCUT2D eigenvalue weighted by atomic mass is 10.3. The molecule has 2 heterocycles. The molecular weight excluding hydrogens is 244 g/mol. The van der Waals surface area contributed by atoms with Crippen molar-refractivity contribution in [3.05, 3.63) is 18.1 Å². The third-order valence-electron chi connectivity index (χ3n) is 3.29. The highest BCUT2D eigenvalue weighted by atomic mass is 16.5. The van der Waals surface area contributed by atoms with Crippen LogP contribution in [0.25, 0.3) is 0 Å². The number of amides is 1. The first-order valence-corrected chi connectivity index (χ1v) is 6.60. The van der Waals surface area contributed by atoms with Gasteiger partial charge in [0.05, 0.1) is 0 Å². The van der Waals surface area contributed by atoms with E-state index in [2.05, 4.69) is 21.8 Å². The molecule has 1 aromatic rings. The Morgan fingerprint density at radius 3 is 2.68 bits per heavy atom. The van der Waals surface area contributed by atoms with Crippen LogP contribution in [-0.2, 0) is 4.79 Å². The number of aromatic nitrogens is 2. The van der Waals surface area contributed by atoms with E-state index in [1.54, 1.807) is 6.07 Å². The Hall–Kier alpha value is -1.69. The minimum absolute atomic E-state index is 0.0204. The van der Waals surface area contributed by atoms with E-state index in [-0.39, 0.29) is 12.5 Å². The van der Waals surface area contributed by atoms with Crippen molar-refractivity contribution in [2.45, 2.75) is 13.8 Å². The van der Waals surface area contributed by atoms with Gasteiger partial charge in [0.25, 0.3) is 5.91 Å². The molecule has 0 aromatic carbocycles. The number of piperazine rings is 1. The van der Waals surface area contributed by atoms with Crippen LogP contribution in [0.15, 0.2) is 12.4 Å². The predicted molar refractivity (Wildman–Crippen MR) is 71.0 cm³/mol. The molecular formula is C13H20N4O2. The largest absolute Gasteiger partial charge is 0.467 e. The van der Waals surface area contributed by atoms with Gasteiger partial charge in [-0.2, -0.15) is 0 Å². The zero-order valence-electron chi connectivity index (χ0n) is 11.5. The minimum atomic E-state index is 0.0204. The van der Waals surface area contributed by atoms with Crippen LogP contribution >= 0.6 is 0 Å². The van der Waals surface area contributed by atoms with Gasteiger partial charge in [0.1, 0.15) is 6.33 Å². The van der Waals surface area contributed by atoms with Crippen LogP contribution < -0.4 is 4.74 Å². The molecule has 0 N–H and O–H groups in total. The molecule has 0 spiro atoms. The maximum Gasteiger partial charge on any atom is 0.260 e. The second-order valence-electron chi connectivity index (χ2n) is 4.60. The Morgan fingerprint density at radius 1 is 1.32 bits per heavy atom. The molecule has 6 nitrogen and oxygen atoms in total. The van der Waals surface area contributed by atoms with Crippen molar-refractivity contribution in [2.24, 2.45) is 0 Å². The van der Waals surface area contributed by atoms with Crippen LogP contribution in [0.2, 0.25) is 0 Å². The Kier molecular flexibility index (Phi) is 4.68. The number of rotatable bonds is 4. The summed E-state index contributed by atoms with van der Waals surface area (Å²) in [5.41, 5.74) is 0.828. The van der Waals surface area contributed by atoms with Crippen LogP contribution in [0.4, 0.5) is 0 Å². The zero-order valence-corrected chi connectivity index (χ0v) is 11.5. The van der Waals surface area contributed by atoms with Gasteiger partial charge in [-0.05, 0) is 13.5 Å². The monoisotopic (exact) mass is 264 g/mol. The summed E-state index contributed by atoms with van der Waals surface area (Å²) < 4.78 is 5.40. The van der Waals surface area contributed by atoms with Crippen LogP contribution in [0, 0.1) is 6.92 Å². The van der Waals surface area contributed by atoms with Crippen molar-refractivity contribution in [2.75, 3.05) is 39.3 Å². The first-order chi connectivity index (χ1) is 9.19. The van der Waals surface area contributed by atoms with Crippen LogP contribution in [0.5, 0.6) is 5.88 Å². The second kappa shape index (κ2) is 6.47. The van der Waals surface area contributed by atoms with Gasteiger partial charge < -0.3 is 14.5 Å². The number of likely N-dealkylation sites (N-methyl/N-ethyl adjacent to an activating group) is 1. The lowest BCUT2D eigenvalue weighted by molar-refractivity contribution is -0.135. The fourth-order valence-electron chi connectivity index (χ4n) is 2.05. The summed E-state index contributed by atoms with van der Waals surface area (Å²) in [4.78, 5) is 24.1. The molecule has 104 valence electrons. The number of hydrogen-bond acceptors (Lipinski definition) is 5. The highest BCUT2D eigenvalue weighted by Crippen LogP contribution is 2.07. The van der Waals surface area contributed by atoms with E-state index in [4.69, 9.17) is 4.74 Å². The number of hydrogen-bond donors (Lipinski definition) is 0. The highest BCUT2D eigenvalue weighted by molar-refractivity contribution is 5.77. The Labute approximate surface area is 113 Å². The van der Waals surface area contributed by atoms with Crippen molar-refractivity contribution >= 4 is 5.91 Å². The molecule has 2 rings (SSSR count). The topological polar surface area (TPSA) is 58.6 Å². The molecule has 0 unspecified atom stereocenters. The molecule has 1 saturated heterocycles. The van der Waals surface area contributed by atoms with Gasteiger partial charge in [-0.1, -0.05) is 6.92 Å². The molecule has 1 fully saturated rings. The Bertz CT molecular complexity index is 430. The first-order valence-electron chi connectivity index (χ1n) is 6.60. The highest BCUT2D eigenvalue weighted by Gasteiger charge is 2.20. The number of nitrogens with zero attached hydrogens (tertiary/aromatic N) is 4. The molecule has 1 aliphatic heterocycles. The van der Waals surface area contributed by atoms with Crippen LogP contribution in [-0.4, -0.2) is 65.0 Å². The maximum atomic E-state index is 12.0. The SMILES string of the molecule is CCN1CCN(C(=O)COc2cc(C)ncn2)CC1. The molecule has 0 radical (unpaired) electrons. The van der Waals surface area contributed by atoms with E-state index < -0.39 is 0 Å². The molecule has 6 heteroatoms. The number of ether oxygens (including phenoxy) is 1. The summed E-state index contributed by atoms with van der Waals surface area (Å²) in [5, 5.41) is 0.